The van der Waals surface area contributed by atoms with Crippen LogP contribution in [0.1, 0.15) is 91.1 Å². The number of aliphatic carboxylic acids is 1. The van der Waals surface area contributed by atoms with Gasteiger partial charge in [-0.05, 0) is 50.7 Å². The molecule has 5 rings (SSSR count). The Balaban J connectivity index is 1.46. The van der Waals surface area contributed by atoms with Crippen molar-refractivity contribution >= 4 is 29.1 Å². The third kappa shape index (κ3) is 8.94. The number of thiophene rings is 1. The SMILES string of the molecule is CCCC1N(C(=O)c2cnccc2C(F)(F)F)CCCC1(Oc1csc(C(F)(F)F)c1)C(=O)N1CCC(O)(c2ccccc2OCCCCC(=O)O)CC1. The molecule has 2 unspecified atom stereocenters. The van der Waals surface area contributed by atoms with E-state index in [0.29, 0.717) is 48.0 Å². The Kier molecular flexibility index (Phi) is 12.5. The number of para-hydroxylation sites is 1. The number of unbranched alkanes of at least 4 members (excludes halogenated alkanes) is 1. The van der Waals surface area contributed by atoms with Gasteiger partial charge in [0.25, 0.3) is 11.8 Å². The monoisotopic (exact) mass is 785 g/mol. The number of carboxylic acids is 1. The molecule has 2 fully saturated rings. The summed E-state index contributed by atoms with van der Waals surface area (Å²) in [6.45, 7) is 1.85. The van der Waals surface area contributed by atoms with E-state index in [4.69, 9.17) is 14.6 Å². The number of pyridine rings is 1. The molecule has 2 saturated heterocycles. The molecular weight excluding hydrogens is 744 g/mol. The maximum atomic E-state index is 14.9. The zero-order valence-electron chi connectivity index (χ0n) is 29.4. The second kappa shape index (κ2) is 16.6. The van der Waals surface area contributed by atoms with Gasteiger partial charge in [-0.1, -0.05) is 31.5 Å². The van der Waals surface area contributed by atoms with Crippen molar-refractivity contribution in [2.24, 2.45) is 0 Å². The lowest BCUT2D eigenvalue weighted by Crippen LogP contribution is -2.68. The Hall–Kier alpha value is -4.38. The number of hydrogen-bond acceptors (Lipinski definition) is 8. The van der Waals surface area contributed by atoms with Crippen molar-refractivity contribution in [2.75, 3.05) is 26.2 Å². The minimum atomic E-state index is -4.90. The zero-order valence-corrected chi connectivity index (χ0v) is 30.2. The number of amides is 2. The summed E-state index contributed by atoms with van der Waals surface area (Å²) >= 11 is 0.363. The van der Waals surface area contributed by atoms with Crippen LogP contribution in [0.3, 0.4) is 0 Å². The molecule has 294 valence electrons. The van der Waals surface area contributed by atoms with Gasteiger partial charge in [-0.25, -0.2) is 0 Å². The molecule has 2 N–H and O–H groups in total. The molecule has 10 nitrogen and oxygen atoms in total. The van der Waals surface area contributed by atoms with Gasteiger partial charge in [0.15, 0.2) is 0 Å². The Morgan fingerprint density at radius 1 is 1.00 bits per heavy atom. The summed E-state index contributed by atoms with van der Waals surface area (Å²) in [5.74, 6) is -2.49. The molecule has 17 heteroatoms. The summed E-state index contributed by atoms with van der Waals surface area (Å²) in [5.41, 5.74) is -4.91. The quantitative estimate of drug-likeness (QED) is 0.134. The molecule has 0 spiro atoms. The maximum Gasteiger partial charge on any atom is 0.425 e. The first-order valence-electron chi connectivity index (χ1n) is 17.6. The number of aliphatic hydroxyl groups is 1. The molecule has 2 aliphatic heterocycles. The van der Waals surface area contributed by atoms with E-state index in [2.05, 4.69) is 4.98 Å². The fourth-order valence-electron chi connectivity index (χ4n) is 7.26. The second-order valence-corrected chi connectivity index (χ2v) is 14.4. The molecule has 0 saturated carbocycles. The Labute approximate surface area is 311 Å². The van der Waals surface area contributed by atoms with Crippen LogP contribution in [0.5, 0.6) is 11.5 Å². The summed E-state index contributed by atoms with van der Waals surface area (Å²) in [6.07, 6.45) is -6.51. The highest BCUT2D eigenvalue weighted by Gasteiger charge is 2.56. The number of benzene rings is 1. The van der Waals surface area contributed by atoms with Gasteiger partial charge in [-0.3, -0.25) is 19.4 Å². The first kappa shape index (κ1) is 40.8. The molecule has 1 aromatic carbocycles. The van der Waals surface area contributed by atoms with Gasteiger partial charge in [0, 0.05) is 61.9 Å². The van der Waals surface area contributed by atoms with E-state index in [1.807, 2.05) is 0 Å². The molecule has 2 amide bonds. The standard InChI is InChI=1S/C37H41F6N3O7S/c1-2-8-29-35(53-24-21-30(54-23-24)37(41,42)43,13-7-17-46(29)32(49)25-22-44-16-12-26(25)36(38,39)40)33(50)45-18-14-34(51,15-19-45)27-9-3-4-10-28(27)52-20-6-5-11-31(47)48/h3-4,9-10,12,16,21-23,29,51H,2,5-8,11,13-15,17-20H2,1H3,(H,47,48). The fourth-order valence-corrected chi connectivity index (χ4v) is 7.93. The lowest BCUT2D eigenvalue weighted by Gasteiger charge is -2.51. The van der Waals surface area contributed by atoms with Crippen molar-refractivity contribution in [3.8, 4) is 11.5 Å². The molecule has 2 atom stereocenters. The molecule has 2 aliphatic rings. The Morgan fingerprint density at radius 3 is 2.37 bits per heavy atom. The lowest BCUT2D eigenvalue weighted by atomic mass is 9.78. The van der Waals surface area contributed by atoms with E-state index >= 15 is 0 Å². The lowest BCUT2D eigenvalue weighted by molar-refractivity contribution is -0.163. The first-order chi connectivity index (χ1) is 25.5. The molecule has 4 heterocycles. The number of carbonyl (C=O) groups excluding carboxylic acids is 2. The second-order valence-electron chi connectivity index (χ2n) is 13.5. The van der Waals surface area contributed by atoms with Gasteiger partial charge in [-0.2, -0.15) is 26.3 Å². The van der Waals surface area contributed by atoms with Crippen molar-refractivity contribution in [1.29, 1.82) is 0 Å². The predicted molar refractivity (Wildman–Crippen MR) is 184 cm³/mol. The average Bonchev–Trinajstić information content (AvgIpc) is 3.61. The van der Waals surface area contributed by atoms with Gasteiger partial charge in [-0.15, -0.1) is 11.3 Å². The number of aromatic nitrogens is 1. The highest BCUT2D eigenvalue weighted by atomic mass is 32.1. The van der Waals surface area contributed by atoms with Crippen LogP contribution in [0.25, 0.3) is 0 Å². The van der Waals surface area contributed by atoms with Crippen LogP contribution in [0.4, 0.5) is 26.3 Å². The topological polar surface area (TPSA) is 130 Å². The van der Waals surface area contributed by atoms with Crippen LogP contribution < -0.4 is 9.47 Å². The number of likely N-dealkylation sites (tertiary alicyclic amines) is 2. The van der Waals surface area contributed by atoms with Gasteiger partial charge in [0.1, 0.15) is 16.4 Å². The first-order valence-corrected chi connectivity index (χ1v) is 18.5. The summed E-state index contributed by atoms with van der Waals surface area (Å²) in [7, 11) is 0. The van der Waals surface area contributed by atoms with Crippen molar-refractivity contribution in [1.82, 2.24) is 14.8 Å². The van der Waals surface area contributed by atoms with Gasteiger partial charge in [0.05, 0.1) is 29.4 Å². The third-order valence-corrected chi connectivity index (χ3v) is 10.8. The number of carbonyl (C=O) groups is 3. The molecule has 0 aliphatic carbocycles. The number of halogens is 6. The Bertz CT molecular complexity index is 1790. The van der Waals surface area contributed by atoms with Crippen LogP contribution in [-0.4, -0.2) is 80.7 Å². The highest BCUT2D eigenvalue weighted by molar-refractivity contribution is 7.10. The molecule has 0 radical (unpaired) electrons. The number of alkyl halides is 6. The number of rotatable bonds is 13. The number of hydrogen-bond donors (Lipinski definition) is 2. The summed E-state index contributed by atoms with van der Waals surface area (Å²) in [4.78, 5) is 45.1. The minimum Gasteiger partial charge on any atom is -0.493 e. The Morgan fingerprint density at radius 2 is 1.72 bits per heavy atom. The van der Waals surface area contributed by atoms with E-state index < -0.39 is 63.4 Å². The van der Waals surface area contributed by atoms with Crippen molar-refractivity contribution in [2.45, 2.75) is 94.3 Å². The van der Waals surface area contributed by atoms with E-state index in [-0.39, 0.29) is 70.5 Å². The largest absolute Gasteiger partial charge is 0.493 e. The van der Waals surface area contributed by atoms with E-state index in [1.165, 1.54) is 4.90 Å². The van der Waals surface area contributed by atoms with E-state index in [9.17, 15) is 45.8 Å². The zero-order chi connectivity index (χ0) is 39.3. The normalized spacial score (nSPS) is 20.4. The smallest absolute Gasteiger partial charge is 0.425 e. The fraction of sp³-hybridized carbons (Fsp3) is 0.514. The molecule has 54 heavy (non-hydrogen) atoms. The number of carboxylic acid groups (broad SMARTS) is 1. The maximum absolute atomic E-state index is 14.9. The number of ether oxygens (including phenoxy) is 2. The van der Waals surface area contributed by atoms with Crippen molar-refractivity contribution in [3.63, 3.8) is 0 Å². The van der Waals surface area contributed by atoms with Crippen LogP contribution in [0, 0.1) is 0 Å². The molecule has 0 bridgehead atoms. The van der Waals surface area contributed by atoms with E-state index in [1.54, 1.807) is 31.2 Å². The predicted octanol–water partition coefficient (Wildman–Crippen LogP) is 7.55. The third-order valence-electron chi connectivity index (χ3n) is 9.87. The van der Waals surface area contributed by atoms with Crippen molar-refractivity contribution < 1.29 is 60.4 Å². The summed E-state index contributed by atoms with van der Waals surface area (Å²) < 4.78 is 95.3. The molecule has 2 aromatic heterocycles. The molecule has 3 aromatic rings. The van der Waals surface area contributed by atoms with Crippen LogP contribution in [0.15, 0.2) is 54.2 Å². The van der Waals surface area contributed by atoms with Gasteiger partial charge in [0.2, 0.25) is 5.60 Å². The van der Waals surface area contributed by atoms with E-state index in [0.717, 1.165) is 28.7 Å². The van der Waals surface area contributed by atoms with Crippen LogP contribution in [-0.2, 0) is 27.5 Å². The summed E-state index contributed by atoms with van der Waals surface area (Å²) in [5, 5.41) is 21.9. The summed E-state index contributed by atoms with van der Waals surface area (Å²) in [6, 6.07) is 7.08. The van der Waals surface area contributed by atoms with Crippen molar-refractivity contribution in [3.05, 3.63) is 75.7 Å². The van der Waals surface area contributed by atoms with Crippen LogP contribution >= 0.6 is 11.3 Å². The average molecular weight is 786 g/mol. The molecular formula is C37H41F6N3O7S. The van der Waals surface area contributed by atoms with Gasteiger partial charge < -0.3 is 29.5 Å². The van der Waals surface area contributed by atoms with Gasteiger partial charge >= 0.3 is 18.3 Å². The van der Waals surface area contributed by atoms with Crippen LogP contribution in [0.2, 0.25) is 0 Å². The minimum absolute atomic E-state index is 0.0109. The number of piperidine rings is 2. The highest BCUT2D eigenvalue weighted by Crippen LogP contribution is 2.44. The number of nitrogens with zero attached hydrogens (tertiary/aromatic N) is 3.